The third-order valence-corrected chi connectivity index (χ3v) is 6.69. The number of hydrogen-bond donors (Lipinski definition) is 1. The molecule has 30 heavy (non-hydrogen) atoms. The minimum Gasteiger partial charge on any atom is -0.467 e. The van der Waals surface area contributed by atoms with Gasteiger partial charge >= 0.3 is 0 Å². The maximum atomic E-state index is 13.2. The van der Waals surface area contributed by atoms with Crippen LogP contribution in [0, 0.1) is 6.92 Å². The number of carbonyl (C=O) groups is 1. The van der Waals surface area contributed by atoms with Gasteiger partial charge in [-0.25, -0.2) is 4.98 Å². The van der Waals surface area contributed by atoms with Crippen LogP contribution in [0.15, 0.2) is 63.1 Å². The Bertz CT molecular complexity index is 1240. The van der Waals surface area contributed by atoms with Crippen LogP contribution in [0.4, 0.5) is 5.69 Å². The molecule has 0 aliphatic carbocycles. The highest BCUT2D eigenvalue weighted by Gasteiger charge is 2.16. The molecule has 0 unspecified atom stereocenters. The number of benzene rings is 1. The zero-order valence-corrected chi connectivity index (χ0v) is 18.3. The van der Waals surface area contributed by atoms with Crippen LogP contribution in [-0.4, -0.2) is 21.2 Å². The van der Waals surface area contributed by atoms with Crippen molar-refractivity contribution in [2.24, 2.45) is 0 Å². The Hall–Kier alpha value is -2.84. The average molecular weight is 440 g/mol. The van der Waals surface area contributed by atoms with Crippen molar-refractivity contribution in [1.82, 2.24) is 9.55 Å². The van der Waals surface area contributed by atoms with Crippen molar-refractivity contribution in [1.29, 1.82) is 0 Å². The van der Waals surface area contributed by atoms with Crippen molar-refractivity contribution in [3.8, 4) is 0 Å². The molecule has 1 amide bonds. The van der Waals surface area contributed by atoms with Gasteiger partial charge in [0.05, 0.1) is 23.9 Å². The molecule has 4 aromatic rings. The van der Waals surface area contributed by atoms with Gasteiger partial charge < -0.3 is 9.73 Å². The Morgan fingerprint density at radius 2 is 2.13 bits per heavy atom. The number of aryl methyl sites for hydroxylation is 2. The number of nitrogens with one attached hydrogen (secondary N) is 1. The lowest BCUT2D eigenvalue weighted by molar-refractivity contribution is -0.113. The Labute approximate surface area is 181 Å². The predicted octanol–water partition coefficient (Wildman–Crippen LogP) is 4.70. The van der Waals surface area contributed by atoms with Crippen LogP contribution < -0.4 is 10.9 Å². The number of fused-ring (bicyclic) bond motifs is 1. The van der Waals surface area contributed by atoms with E-state index in [1.54, 1.807) is 16.9 Å². The third-order valence-electron chi connectivity index (χ3n) is 4.54. The first kappa shape index (κ1) is 20.4. The van der Waals surface area contributed by atoms with Crippen molar-refractivity contribution in [2.45, 2.75) is 32.0 Å². The Morgan fingerprint density at radius 3 is 2.87 bits per heavy atom. The third kappa shape index (κ3) is 4.49. The zero-order chi connectivity index (χ0) is 21.1. The first-order valence-electron chi connectivity index (χ1n) is 9.58. The summed E-state index contributed by atoms with van der Waals surface area (Å²) < 4.78 is 7.01. The fourth-order valence-corrected chi connectivity index (χ4v) is 4.89. The van der Waals surface area contributed by atoms with E-state index in [4.69, 9.17) is 9.40 Å². The zero-order valence-electron chi connectivity index (χ0n) is 16.7. The standard InChI is InChI=1S/C22H21N3O3S2/c1-3-17-11-18-20(30-17)24-22(25(21(18)27)12-16-8-5-9-28-16)29-13-19(26)23-15-7-4-6-14(2)10-15/h4-11H,3,12-13H2,1-2H3,(H,23,26). The molecule has 0 aliphatic rings. The van der Waals surface area contributed by atoms with Gasteiger partial charge in [-0.3, -0.25) is 14.2 Å². The fraction of sp³-hybridized carbons (Fsp3) is 0.227. The molecule has 6 nitrogen and oxygen atoms in total. The van der Waals surface area contributed by atoms with Crippen LogP contribution in [-0.2, 0) is 17.8 Å². The van der Waals surface area contributed by atoms with Crippen LogP contribution in [0.1, 0.15) is 23.1 Å². The number of amides is 1. The summed E-state index contributed by atoms with van der Waals surface area (Å²) in [6, 6.07) is 13.2. The van der Waals surface area contributed by atoms with Crippen LogP contribution in [0.2, 0.25) is 0 Å². The van der Waals surface area contributed by atoms with E-state index < -0.39 is 0 Å². The summed E-state index contributed by atoms with van der Waals surface area (Å²) in [6.07, 6.45) is 2.42. The molecule has 0 spiro atoms. The molecule has 1 N–H and O–H groups in total. The Morgan fingerprint density at radius 1 is 1.27 bits per heavy atom. The number of carbonyl (C=O) groups excluding carboxylic acids is 1. The number of thioether (sulfide) groups is 1. The minimum atomic E-state index is -0.148. The molecule has 0 saturated heterocycles. The van der Waals surface area contributed by atoms with Crippen LogP contribution in [0.5, 0.6) is 0 Å². The van der Waals surface area contributed by atoms with E-state index in [1.807, 2.05) is 43.3 Å². The monoisotopic (exact) mass is 439 g/mol. The summed E-state index contributed by atoms with van der Waals surface area (Å²) in [4.78, 5) is 32.1. The fourth-order valence-electron chi connectivity index (χ4n) is 3.08. The lowest BCUT2D eigenvalue weighted by atomic mass is 10.2. The molecule has 0 bridgehead atoms. The average Bonchev–Trinajstić information content (AvgIpc) is 3.38. The number of furan rings is 1. The molecule has 0 aliphatic heterocycles. The van der Waals surface area contributed by atoms with Gasteiger partial charge in [-0.15, -0.1) is 11.3 Å². The van der Waals surface area contributed by atoms with Gasteiger partial charge in [0, 0.05) is 10.6 Å². The van der Waals surface area contributed by atoms with Crippen molar-refractivity contribution < 1.29 is 9.21 Å². The van der Waals surface area contributed by atoms with E-state index in [1.165, 1.54) is 23.1 Å². The molecule has 8 heteroatoms. The second-order valence-corrected chi connectivity index (χ2v) is 8.91. The van der Waals surface area contributed by atoms with Crippen molar-refractivity contribution in [3.63, 3.8) is 0 Å². The molecule has 0 fully saturated rings. The summed E-state index contributed by atoms with van der Waals surface area (Å²) in [7, 11) is 0. The predicted molar refractivity (Wildman–Crippen MR) is 122 cm³/mol. The van der Waals surface area contributed by atoms with Crippen LogP contribution in [0.3, 0.4) is 0 Å². The van der Waals surface area contributed by atoms with Gasteiger partial charge in [-0.05, 0) is 49.2 Å². The number of rotatable bonds is 7. The van der Waals surface area contributed by atoms with Gasteiger partial charge in [0.25, 0.3) is 5.56 Å². The Balaban J connectivity index is 1.61. The number of nitrogens with zero attached hydrogens (tertiary/aromatic N) is 2. The molecule has 0 atom stereocenters. The van der Waals surface area contributed by atoms with Crippen molar-refractivity contribution >= 4 is 44.9 Å². The number of hydrogen-bond acceptors (Lipinski definition) is 6. The highest BCUT2D eigenvalue weighted by molar-refractivity contribution is 7.99. The van der Waals surface area contributed by atoms with E-state index in [-0.39, 0.29) is 23.8 Å². The van der Waals surface area contributed by atoms with E-state index in [0.29, 0.717) is 21.1 Å². The summed E-state index contributed by atoms with van der Waals surface area (Å²) in [5.41, 5.74) is 1.71. The quantitative estimate of drug-likeness (QED) is 0.334. The van der Waals surface area contributed by atoms with E-state index in [2.05, 4.69) is 12.2 Å². The Kier molecular flexibility index (Phi) is 6.06. The molecule has 0 radical (unpaired) electrons. The molecule has 0 saturated carbocycles. The van der Waals surface area contributed by atoms with Gasteiger partial charge in [-0.2, -0.15) is 0 Å². The number of thiophene rings is 1. The van der Waals surface area contributed by atoms with E-state index >= 15 is 0 Å². The van der Waals surface area contributed by atoms with Gasteiger partial charge in [-0.1, -0.05) is 30.8 Å². The second-order valence-electron chi connectivity index (χ2n) is 6.86. The van der Waals surface area contributed by atoms with Gasteiger partial charge in [0.1, 0.15) is 10.6 Å². The van der Waals surface area contributed by atoms with Crippen molar-refractivity contribution in [2.75, 3.05) is 11.1 Å². The van der Waals surface area contributed by atoms with Gasteiger partial charge in [0.15, 0.2) is 5.16 Å². The molecule has 1 aromatic carbocycles. The summed E-state index contributed by atoms with van der Waals surface area (Å²) >= 11 is 2.77. The maximum absolute atomic E-state index is 13.2. The molecular formula is C22H21N3O3S2. The first-order valence-corrected chi connectivity index (χ1v) is 11.4. The number of aromatic nitrogens is 2. The molecule has 4 rings (SSSR count). The maximum Gasteiger partial charge on any atom is 0.263 e. The first-order chi connectivity index (χ1) is 14.5. The summed E-state index contributed by atoms with van der Waals surface area (Å²) in [5, 5.41) is 4.01. The molecular weight excluding hydrogens is 418 g/mol. The van der Waals surface area contributed by atoms with Crippen LogP contribution in [0.25, 0.3) is 10.2 Å². The SMILES string of the molecule is CCc1cc2c(=O)n(Cc3ccco3)c(SCC(=O)Nc3cccc(C)c3)nc2s1. The molecule has 3 heterocycles. The molecule has 3 aromatic heterocycles. The molecule has 154 valence electrons. The highest BCUT2D eigenvalue weighted by Crippen LogP contribution is 2.26. The highest BCUT2D eigenvalue weighted by atomic mass is 32.2. The minimum absolute atomic E-state index is 0.117. The topological polar surface area (TPSA) is 77.1 Å². The van der Waals surface area contributed by atoms with Crippen molar-refractivity contribution in [3.05, 3.63) is 75.3 Å². The smallest absolute Gasteiger partial charge is 0.263 e. The number of anilines is 1. The van der Waals surface area contributed by atoms with E-state index in [0.717, 1.165) is 22.5 Å². The van der Waals surface area contributed by atoms with Crippen LogP contribution >= 0.6 is 23.1 Å². The van der Waals surface area contributed by atoms with E-state index in [9.17, 15) is 9.59 Å². The summed E-state index contributed by atoms with van der Waals surface area (Å²) in [5.74, 6) is 0.663. The second kappa shape index (κ2) is 8.89. The lowest BCUT2D eigenvalue weighted by Gasteiger charge is -2.11. The lowest BCUT2D eigenvalue weighted by Crippen LogP contribution is -2.24. The van der Waals surface area contributed by atoms with Gasteiger partial charge in [0.2, 0.25) is 5.91 Å². The summed E-state index contributed by atoms with van der Waals surface area (Å²) in [6.45, 7) is 4.30. The normalized spacial score (nSPS) is 11.1. The largest absolute Gasteiger partial charge is 0.467 e.